The highest BCUT2D eigenvalue weighted by molar-refractivity contribution is 5.80. The van der Waals surface area contributed by atoms with Crippen LogP contribution in [0.15, 0.2) is 29.3 Å². The summed E-state index contributed by atoms with van der Waals surface area (Å²) in [4.78, 5) is 6.86. The monoisotopic (exact) mass is 328 g/mol. The number of nitrogens with zero attached hydrogens (tertiary/aromatic N) is 2. The van der Waals surface area contributed by atoms with Gasteiger partial charge in [0.25, 0.3) is 0 Å². The molecule has 0 aromatic heterocycles. The molecule has 1 saturated heterocycles. The van der Waals surface area contributed by atoms with Crippen LogP contribution in [0.3, 0.4) is 0 Å². The maximum Gasteiger partial charge on any atom is 0.191 e. The van der Waals surface area contributed by atoms with E-state index < -0.39 is 0 Å². The second kappa shape index (κ2) is 8.41. The summed E-state index contributed by atoms with van der Waals surface area (Å²) in [5.74, 6) is 1.92. The predicted octanol–water partition coefficient (Wildman–Crippen LogP) is 3.70. The molecule has 1 unspecified atom stereocenters. The van der Waals surface area contributed by atoms with Gasteiger partial charge in [-0.25, -0.2) is 0 Å². The van der Waals surface area contributed by atoms with Crippen LogP contribution in [0.2, 0.25) is 0 Å². The van der Waals surface area contributed by atoms with Crippen LogP contribution in [0, 0.1) is 5.92 Å². The first-order chi connectivity index (χ1) is 11.8. The minimum Gasteiger partial charge on any atom is -0.372 e. The summed E-state index contributed by atoms with van der Waals surface area (Å²) < 4.78 is 0. The molecule has 24 heavy (non-hydrogen) atoms. The minimum absolute atomic E-state index is 0.252. The largest absolute Gasteiger partial charge is 0.372 e. The molecule has 1 aromatic carbocycles. The first kappa shape index (κ1) is 17.1. The number of benzene rings is 1. The molecule has 1 heterocycles. The van der Waals surface area contributed by atoms with E-state index in [2.05, 4.69) is 51.7 Å². The second-order valence-electron chi connectivity index (χ2n) is 7.24. The Hall–Kier alpha value is -1.71. The standard InChI is InChI=1S/C20H32N4/c1-16(23-20(21-2)22-12-6-7-17-10-11-17)18-8-5-9-19(15-18)24-13-3-4-14-24/h5,8-9,15-17H,3-4,6-7,10-14H2,1-2H3,(H2,21,22,23). The van der Waals surface area contributed by atoms with Gasteiger partial charge < -0.3 is 15.5 Å². The zero-order chi connectivity index (χ0) is 16.8. The van der Waals surface area contributed by atoms with Crippen LogP contribution >= 0.6 is 0 Å². The van der Waals surface area contributed by atoms with Crippen molar-refractivity contribution >= 4 is 11.6 Å². The number of hydrogen-bond acceptors (Lipinski definition) is 2. The first-order valence-electron chi connectivity index (χ1n) is 9.58. The number of nitrogens with one attached hydrogen (secondary N) is 2. The number of anilines is 1. The summed E-state index contributed by atoms with van der Waals surface area (Å²) in [7, 11) is 1.85. The predicted molar refractivity (Wildman–Crippen MR) is 103 cm³/mol. The van der Waals surface area contributed by atoms with Gasteiger partial charge in [0.15, 0.2) is 5.96 Å². The van der Waals surface area contributed by atoms with Crippen molar-refractivity contribution in [1.29, 1.82) is 0 Å². The Balaban J connectivity index is 1.50. The number of guanidine groups is 1. The Labute approximate surface area is 146 Å². The fourth-order valence-electron chi connectivity index (χ4n) is 3.45. The lowest BCUT2D eigenvalue weighted by molar-refractivity contribution is 0.631. The van der Waals surface area contributed by atoms with E-state index in [-0.39, 0.29) is 6.04 Å². The van der Waals surface area contributed by atoms with E-state index in [1.165, 1.54) is 62.9 Å². The van der Waals surface area contributed by atoms with Crippen molar-refractivity contribution in [2.45, 2.75) is 51.5 Å². The Kier molecular flexibility index (Phi) is 6.00. The molecule has 2 aliphatic rings. The molecule has 0 spiro atoms. The smallest absolute Gasteiger partial charge is 0.191 e. The van der Waals surface area contributed by atoms with Crippen LogP contribution in [-0.4, -0.2) is 32.6 Å². The van der Waals surface area contributed by atoms with Gasteiger partial charge in [-0.3, -0.25) is 4.99 Å². The molecule has 3 rings (SSSR count). The van der Waals surface area contributed by atoms with Crippen molar-refractivity contribution in [1.82, 2.24) is 10.6 Å². The summed E-state index contributed by atoms with van der Waals surface area (Å²) in [6.07, 6.45) is 8.11. The van der Waals surface area contributed by atoms with Crippen molar-refractivity contribution in [2.24, 2.45) is 10.9 Å². The highest BCUT2D eigenvalue weighted by Gasteiger charge is 2.20. The van der Waals surface area contributed by atoms with Crippen LogP contribution in [0.1, 0.15) is 57.1 Å². The number of aliphatic imine (C=N–C) groups is 1. The molecule has 0 bridgehead atoms. The quantitative estimate of drug-likeness (QED) is 0.455. The van der Waals surface area contributed by atoms with Gasteiger partial charge in [-0.2, -0.15) is 0 Å². The van der Waals surface area contributed by atoms with Gasteiger partial charge in [0.2, 0.25) is 0 Å². The van der Waals surface area contributed by atoms with Crippen molar-refractivity contribution in [3.8, 4) is 0 Å². The van der Waals surface area contributed by atoms with Gasteiger partial charge in [-0.05, 0) is 56.2 Å². The average molecular weight is 329 g/mol. The van der Waals surface area contributed by atoms with Gasteiger partial charge in [-0.15, -0.1) is 0 Å². The maximum atomic E-state index is 4.37. The van der Waals surface area contributed by atoms with E-state index >= 15 is 0 Å². The summed E-state index contributed by atoms with van der Waals surface area (Å²) in [5.41, 5.74) is 2.67. The molecule has 1 aliphatic carbocycles. The molecule has 132 valence electrons. The lowest BCUT2D eigenvalue weighted by Crippen LogP contribution is -2.39. The molecule has 1 aromatic rings. The topological polar surface area (TPSA) is 39.7 Å². The van der Waals surface area contributed by atoms with Crippen molar-refractivity contribution in [3.63, 3.8) is 0 Å². The Morgan fingerprint density at radius 3 is 2.79 bits per heavy atom. The van der Waals surface area contributed by atoms with Crippen LogP contribution < -0.4 is 15.5 Å². The van der Waals surface area contributed by atoms with Gasteiger partial charge >= 0.3 is 0 Å². The minimum atomic E-state index is 0.252. The summed E-state index contributed by atoms with van der Waals surface area (Å²) in [6, 6.07) is 9.18. The summed E-state index contributed by atoms with van der Waals surface area (Å²) in [5, 5.41) is 6.98. The third-order valence-corrected chi connectivity index (χ3v) is 5.20. The summed E-state index contributed by atoms with van der Waals surface area (Å²) in [6.45, 7) is 5.60. The fraction of sp³-hybridized carbons (Fsp3) is 0.650. The lowest BCUT2D eigenvalue weighted by Gasteiger charge is -2.22. The SMILES string of the molecule is CN=C(NCCCC1CC1)NC(C)c1cccc(N2CCCC2)c1. The normalized spacial score (nSPS) is 19.4. The van der Waals surface area contributed by atoms with Crippen molar-refractivity contribution < 1.29 is 0 Å². The van der Waals surface area contributed by atoms with E-state index in [9.17, 15) is 0 Å². The van der Waals surface area contributed by atoms with Gasteiger partial charge in [0.05, 0.1) is 6.04 Å². The average Bonchev–Trinajstić information content (AvgIpc) is 3.27. The third kappa shape index (κ3) is 4.89. The first-order valence-corrected chi connectivity index (χ1v) is 9.58. The molecule has 2 N–H and O–H groups in total. The van der Waals surface area contributed by atoms with E-state index in [1.54, 1.807) is 0 Å². The number of hydrogen-bond donors (Lipinski definition) is 2. The van der Waals surface area contributed by atoms with E-state index in [4.69, 9.17) is 0 Å². The lowest BCUT2D eigenvalue weighted by atomic mass is 10.1. The van der Waals surface area contributed by atoms with Crippen LogP contribution in [0.4, 0.5) is 5.69 Å². The summed E-state index contributed by atoms with van der Waals surface area (Å²) >= 11 is 0. The zero-order valence-corrected chi connectivity index (χ0v) is 15.2. The van der Waals surface area contributed by atoms with Crippen LogP contribution in [0.5, 0.6) is 0 Å². The van der Waals surface area contributed by atoms with Gasteiger partial charge in [-0.1, -0.05) is 25.0 Å². The Bertz CT molecular complexity index is 544. The van der Waals surface area contributed by atoms with E-state index in [0.717, 1.165) is 18.4 Å². The molecular weight excluding hydrogens is 296 g/mol. The van der Waals surface area contributed by atoms with Crippen LogP contribution in [0.25, 0.3) is 0 Å². The third-order valence-electron chi connectivity index (χ3n) is 5.20. The Morgan fingerprint density at radius 2 is 2.08 bits per heavy atom. The van der Waals surface area contributed by atoms with Gasteiger partial charge in [0.1, 0.15) is 0 Å². The molecular formula is C20H32N4. The number of rotatable bonds is 7. The Morgan fingerprint density at radius 1 is 1.29 bits per heavy atom. The molecule has 4 nitrogen and oxygen atoms in total. The molecule has 2 fully saturated rings. The molecule has 0 radical (unpaired) electrons. The van der Waals surface area contributed by atoms with Crippen molar-refractivity contribution in [3.05, 3.63) is 29.8 Å². The molecule has 4 heteroatoms. The van der Waals surface area contributed by atoms with E-state index in [0.29, 0.717) is 0 Å². The van der Waals surface area contributed by atoms with Crippen molar-refractivity contribution in [2.75, 3.05) is 31.6 Å². The van der Waals surface area contributed by atoms with Gasteiger partial charge in [0, 0.05) is 32.4 Å². The second-order valence-corrected chi connectivity index (χ2v) is 7.24. The molecule has 1 saturated carbocycles. The fourth-order valence-corrected chi connectivity index (χ4v) is 3.45. The molecule has 0 amide bonds. The maximum absolute atomic E-state index is 4.37. The highest BCUT2D eigenvalue weighted by Crippen LogP contribution is 2.33. The zero-order valence-electron chi connectivity index (χ0n) is 15.2. The molecule has 1 atom stereocenters. The van der Waals surface area contributed by atoms with Crippen LogP contribution in [-0.2, 0) is 0 Å². The molecule has 1 aliphatic heterocycles. The highest BCUT2D eigenvalue weighted by atomic mass is 15.2. The van der Waals surface area contributed by atoms with E-state index in [1.807, 2.05) is 7.05 Å².